The number of allylic oxidation sites excluding steroid dienone is 1. The molecule has 1 saturated heterocycles. The number of carboxylic acids is 1. The lowest BCUT2D eigenvalue weighted by Crippen LogP contribution is -2.67. The molecule has 0 aromatic heterocycles. The van der Waals surface area contributed by atoms with Crippen molar-refractivity contribution in [1.29, 1.82) is 0 Å². The fourth-order valence-corrected chi connectivity index (χ4v) is 13.8. The number of fused-ring (bicyclic) bond motifs is 7. The van der Waals surface area contributed by atoms with E-state index in [2.05, 4.69) is 58.8 Å². The Bertz CT molecular complexity index is 1320. The van der Waals surface area contributed by atoms with Gasteiger partial charge in [0.25, 0.3) is 0 Å². The van der Waals surface area contributed by atoms with E-state index in [1.807, 2.05) is 0 Å². The number of carbonyl (C=O) groups excluding carboxylic acids is 2. The van der Waals surface area contributed by atoms with Crippen LogP contribution in [-0.2, 0) is 19.1 Å². The van der Waals surface area contributed by atoms with Crippen LogP contribution >= 0.6 is 0 Å². The number of esters is 1. The normalized spacial score (nSPS) is 44.8. The van der Waals surface area contributed by atoms with E-state index in [1.165, 1.54) is 37.7 Å². The van der Waals surface area contributed by atoms with Crippen LogP contribution in [0.1, 0.15) is 139 Å². The minimum absolute atomic E-state index is 0.0767. The average molecular weight is 667 g/mol. The Balaban J connectivity index is 1.24. The molecule has 1 unspecified atom stereocenters. The summed E-state index contributed by atoms with van der Waals surface area (Å²) >= 11 is 0. The molecule has 270 valence electrons. The summed E-state index contributed by atoms with van der Waals surface area (Å²) in [5, 5.41) is 16.4. The molecule has 5 aliphatic carbocycles. The van der Waals surface area contributed by atoms with Crippen LogP contribution in [0.4, 0.5) is 0 Å². The number of carbonyl (C=O) groups is 3. The quantitative estimate of drug-likeness (QED) is 0.180. The fourth-order valence-electron chi connectivity index (χ4n) is 13.8. The van der Waals surface area contributed by atoms with Gasteiger partial charge in [-0.3, -0.25) is 14.4 Å². The van der Waals surface area contributed by atoms with Crippen LogP contribution in [0.15, 0.2) is 12.2 Å². The first-order valence-electron chi connectivity index (χ1n) is 19.4. The molecule has 7 nitrogen and oxygen atoms in total. The molecule has 6 aliphatic rings. The van der Waals surface area contributed by atoms with Gasteiger partial charge in [-0.05, 0) is 149 Å². The van der Waals surface area contributed by atoms with Gasteiger partial charge in [0.15, 0.2) is 0 Å². The third-order valence-electron chi connectivity index (χ3n) is 16.6. The fraction of sp³-hybridized carbons (Fsp3) is 0.878. The van der Waals surface area contributed by atoms with Crippen molar-refractivity contribution in [3.05, 3.63) is 12.2 Å². The molecule has 0 radical (unpaired) electrons. The van der Waals surface area contributed by atoms with E-state index in [1.54, 1.807) is 13.8 Å². The number of carboxylic acid groups (broad SMARTS) is 1. The van der Waals surface area contributed by atoms with Crippen LogP contribution in [0.2, 0.25) is 0 Å². The van der Waals surface area contributed by atoms with Crippen LogP contribution in [0.25, 0.3) is 0 Å². The lowest BCUT2D eigenvalue weighted by Gasteiger charge is -2.73. The maximum absolute atomic E-state index is 13.6. The van der Waals surface area contributed by atoms with E-state index in [9.17, 15) is 19.5 Å². The Hall–Kier alpha value is -1.89. The second-order valence-electron chi connectivity index (χ2n) is 19.7. The van der Waals surface area contributed by atoms with Gasteiger partial charge < -0.3 is 20.5 Å². The molecule has 11 atom stereocenters. The van der Waals surface area contributed by atoms with Gasteiger partial charge in [0.05, 0.1) is 11.8 Å². The molecule has 7 heteroatoms. The maximum Gasteiger partial charge on any atom is 0.309 e. The maximum atomic E-state index is 13.6. The number of aliphatic carboxylic acids is 1. The average Bonchev–Trinajstić information content (AvgIpc) is 3.63. The zero-order valence-electron chi connectivity index (χ0n) is 31.4. The van der Waals surface area contributed by atoms with Crippen molar-refractivity contribution in [2.45, 2.75) is 151 Å². The smallest absolute Gasteiger partial charge is 0.309 e. The van der Waals surface area contributed by atoms with E-state index in [4.69, 9.17) is 4.74 Å². The molecule has 0 aromatic carbocycles. The second kappa shape index (κ2) is 12.1. The minimum atomic E-state index is -1.14. The molecule has 1 heterocycles. The van der Waals surface area contributed by atoms with E-state index in [0.29, 0.717) is 36.0 Å². The Kier molecular flexibility index (Phi) is 9.07. The molecule has 0 spiro atoms. The Morgan fingerprint density at radius 3 is 2.27 bits per heavy atom. The van der Waals surface area contributed by atoms with Gasteiger partial charge in [0.1, 0.15) is 6.10 Å². The first-order chi connectivity index (χ1) is 22.3. The highest BCUT2D eigenvalue weighted by molar-refractivity contribution is 5.81. The molecule has 1 aliphatic heterocycles. The van der Waals surface area contributed by atoms with Crippen molar-refractivity contribution in [2.75, 3.05) is 13.1 Å². The number of nitrogens with one attached hydrogen (secondary N) is 2. The topological polar surface area (TPSA) is 105 Å². The highest BCUT2D eigenvalue weighted by atomic mass is 16.5. The Morgan fingerprint density at radius 1 is 0.896 bits per heavy atom. The second-order valence-corrected chi connectivity index (χ2v) is 19.7. The van der Waals surface area contributed by atoms with Crippen LogP contribution < -0.4 is 10.6 Å². The number of amides is 1. The molecular formula is C41H66N2O5. The molecule has 3 N–H and O–H groups in total. The summed E-state index contributed by atoms with van der Waals surface area (Å²) in [5.41, 5.74) is 0.637. The van der Waals surface area contributed by atoms with Gasteiger partial charge in [0, 0.05) is 24.4 Å². The molecule has 48 heavy (non-hydrogen) atoms. The van der Waals surface area contributed by atoms with Crippen molar-refractivity contribution < 1.29 is 24.2 Å². The highest BCUT2D eigenvalue weighted by Crippen LogP contribution is 2.78. The number of hydrogen-bond donors (Lipinski definition) is 3. The lowest BCUT2D eigenvalue weighted by atomic mass is 9.32. The monoisotopic (exact) mass is 666 g/mol. The summed E-state index contributed by atoms with van der Waals surface area (Å²) in [6.45, 7) is 24.3. The van der Waals surface area contributed by atoms with E-state index in [0.717, 1.165) is 51.6 Å². The third kappa shape index (κ3) is 5.50. The summed E-state index contributed by atoms with van der Waals surface area (Å²) in [6.07, 6.45) is 12.7. The van der Waals surface area contributed by atoms with Gasteiger partial charge in [-0.15, -0.1) is 0 Å². The van der Waals surface area contributed by atoms with Crippen LogP contribution in [-0.4, -0.2) is 48.2 Å². The van der Waals surface area contributed by atoms with E-state index >= 15 is 0 Å². The molecule has 6 fully saturated rings. The molecule has 5 saturated carbocycles. The van der Waals surface area contributed by atoms with Gasteiger partial charge in [0.2, 0.25) is 5.91 Å². The van der Waals surface area contributed by atoms with E-state index in [-0.39, 0.29) is 57.5 Å². The lowest BCUT2D eigenvalue weighted by molar-refractivity contribution is -0.250. The molecule has 6 rings (SSSR count). The van der Waals surface area contributed by atoms with Crippen molar-refractivity contribution in [2.24, 2.45) is 62.1 Å². The Morgan fingerprint density at radius 2 is 1.62 bits per heavy atom. The largest absolute Gasteiger partial charge is 0.481 e. The zero-order chi connectivity index (χ0) is 35.1. The summed E-state index contributed by atoms with van der Waals surface area (Å²) in [6, 6.07) is 0.268. The number of hydrogen-bond acceptors (Lipinski definition) is 5. The zero-order valence-corrected chi connectivity index (χ0v) is 31.4. The van der Waals surface area contributed by atoms with Crippen LogP contribution in [0, 0.1) is 62.1 Å². The molecule has 1 amide bonds. The summed E-state index contributed by atoms with van der Waals surface area (Å²) in [5.74, 6) is 1.56. The van der Waals surface area contributed by atoms with Crippen LogP contribution in [0.5, 0.6) is 0 Å². The first-order valence-corrected chi connectivity index (χ1v) is 19.4. The standard InChI is InChI=1S/C41H66N2O5/c1-25(2)27-12-18-41(22-32(44)43-26-15-21-42-24-26)20-19-39(8)28(34(27)41)10-11-30-38(7)16-14-31(48-33(45)23-36(3,4)35(46)47)37(5,6)29(38)13-17-40(30,39)9/h26-31,34,42H,1,10-24H2,2-9H3,(H,43,44)(H,46,47)/t26-,27-,28+,29-,30+,31?,34+,38-,39+,40+,41+/m0/s1. The number of rotatable bonds is 8. The van der Waals surface area contributed by atoms with Crippen molar-refractivity contribution in [1.82, 2.24) is 10.6 Å². The van der Waals surface area contributed by atoms with Crippen molar-refractivity contribution >= 4 is 17.8 Å². The molecule has 0 aromatic rings. The first kappa shape index (κ1) is 35.9. The SMILES string of the molecule is C=C(C)[C@@H]1CC[C@]2(CC(=O)N[C@H]3CCNC3)CC[C@]3(C)[C@H](CC[C@@H]4[C@@]5(C)CCC(OC(=O)CC(C)(C)C(=O)O)C(C)(C)[C@@H]5CC[C@]43C)[C@@H]12. The number of ether oxygens (including phenoxy) is 1. The van der Waals surface area contributed by atoms with Crippen molar-refractivity contribution in [3.63, 3.8) is 0 Å². The van der Waals surface area contributed by atoms with E-state index < -0.39 is 11.4 Å². The van der Waals surface area contributed by atoms with Gasteiger partial charge >= 0.3 is 11.9 Å². The minimum Gasteiger partial charge on any atom is -0.481 e. The summed E-state index contributed by atoms with van der Waals surface area (Å²) in [4.78, 5) is 38.4. The predicted molar refractivity (Wildman–Crippen MR) is 189 cm³/mol. The van der Waals surface area contributed by atoms with Gasteiger partial charge in [-0.25, -0.2) is 0 Å². The summed E-state index contributed by atoms with van der Waals surface area (Å²) < 4.78 is 6.17. The van der Waals surface area contributed by atoms with Crippen LogP contribution in [0.3, 0.4) is 0 Å². The third-order valence-corrected chi connectivity index (χ3v) is 16.6. The highest BCUT2D eigenvalue weighted by Gasteiger charge is 2.71. The van der Waals surface area contributed by atoms with Gasteiger partial charge in [-0.2, -0.15) is 0 Å². The molecule has 0 bridgehead atoms. The van der Waals surface area contributed by atoms with Crippen molar-refractivity contribution in [3.8, 4) is 0 Å². The Labute approximate surface area is 290 Å². The predicted octanol–water partition coefficient (Wildman–Crippen LogP) is 7.92. The van der Waals surface area contributed by atoms with Gasteiger partial charge in [-0.1, -0.05) is 46.8 Å². The summed E-state index contributed by atoms with van der Waals surface area (Å²) in [7, 11) is 0. The molecular weight excluding hydrogens is 600 g/mol.